The highest BCUT2D eigenvalue weighted by Crippen LogP contribution is 2.22. The molecule has 1 aromatic rings. The standard InChI is InChI=1S/C9H11NO2S.C2H6/c1-6-8(9(11)12-2)7(13-3)4-5-10-6;1-2/h4-5H,1-3H3;1-2H3. The topological polar surface area (TPSA) is 39.2 Å². The Labute approximate surface area is 95.2 Å². The van der Waals surface area contributed by atoms with Crippen molar-refractivity contribution in [1.82, 2.24) is 4.98 Å². The van der Waals surface area contributed by atoms with Gasteiger partial charge in [0.1, 0.15) is 0 Å². The van der Waals surface area contributed by atoms with Gasteiger partial charge < -0.3 is 4.74 Å². The molecule has 0 saturated carbocycles. The van der Waals surface area contributed by atoms with Crippen LogP contribution in [0.3, 0.4) is 0 Å². The zero-order chi connectivity index (χ0) is 11.8. The van der Waals surface area contributed by atoms with Crippen molar-refractivity contribution in [3.05, 3.63) is 23.5 Å². The first-order chi connectivity index (χ1) is 7.20. The van der Waals surface area contributed by atoms with E-state index in [2.05, 4.69) is 9.72 Å². The van der Waals surface area contributed by atoms with Crippen molar-refractivity contribution in [3.63, 3.8) is 0 Å². The van der Waals surface area contributed by atoms with Gasteiger partial charge in [0.25, 0.3) is 0 Å². The monoisotopic (exact) mass is 227 g/mol. The molecule has 0 aliphatic carbocycles. The second kappa shape index (κ2) is 7.29. The molecule has 0 atom stereocenters. The Morgan fingerprint density at radius 1 is 1.47 bits per heavy atom. The molecule has 1 rings (SSSR count). The molecule has 0 fully saturated rings. The second-order valence-corrected chi connectivity index (χ2v) is 3.31. The maximum Gasteiger partial charge on any atom is 0.340 e. The molecule has 0 unspecified atom stereocenters. The molecule has 0 amide bonds. The van der Waals surface area contributed by atoms with Crippen LogP contribution in [0.15, 0.2) is 17.2 Å². The van der Waals surface area contributed by atoms with Gasteiger partial charge in [-0.15, -0.1) is 11.8 Å². The van der Waals surface area contributed by atoms with Crippen LogP contribution in [0.25, 0.3) is 0 Å². The molecular formula is C11H17NO2S. The van der Waals surface area contributed by atoms with Crippen LogP contribution in [0, 0.1) is 6.92 Å². The van der Waals surface area contributed by atoms with E-state index in [9.17, 15) is 4.79 Å². The molecule has 4 heteroatoms. The summed E-state index contributed by atoms with van der Waals surface area (Å²) in [4.78, 5) is 16.3. The molecule has 15 heavy (non-hydrogen) atoms. The van der Waals surface area contributed by atoms with Crippen LogP contribution in [0.2, 0.25) is 0 Å². The summed E-state index contributed by atoms with van der Waals surface area (Å²) >= 11 is 1.51. The molecule has 84 valence electrons. The minimum Gasteiger partial charge on any atom is -0.465 e. The first-order valence-corrected chi connectivity index (χ1v) is 6.01. The molecule has 1 aromatic heterocycles. The average molecular weight is 227 g/mol. The minimum absolute atomic E-state index is 0.324. The molecule has 0 saturated heterocycles. The normalized spacial score (nSPS) is 8.87. The first kappa shape index (κ1) is 14.0. The number of ether oxygens (including phenoxy) is 1. The SMILES string of the molecule is CC.COC(=O)c1c(SC)ccnc1C. The van der Waals surface area contributed by atoms with Gasteiger partial charge in [-0.05, 0) is 19.2 Å². The summed E-state index contributed by atoms with van der Waals surface area (Å²) in [7, 11) is 1.37. The quantitative estimate of drug-likeness (QED) is 0.575. The third-order valence-corrected chi connectivity index (χ3v) is 2.49. The first-order valence-electron chi connectivity index (χ1n) is 4.78. The van der Waals surface area contributed by atoms with Crippen LogP contribution in [-0.2, 0) is 4.74 Å². The summed E-state index contributed by atoms with van der Waals surface area (Å²) < 4.78 is 4.67. The molecule has 0 N–H and O–H groups in total. The number of rotatable bonds is 2. The number of thioether (sulfide) groups is 1. The lowest BCUT2D eigenvalue weighted by atomic mass is 10.2. The third-order valence-electron chi connectivity index (χ3n) is 1.71. The number of hydrogen-bond acceptors (Lipinski definition) is 4. The number of carbonyl (C=O) groups is 1. The summed E-state index contributed by atoms with van der Waals surface area (Å²) in [6.07, 6.45) is 3.61. The van der Waals surface area contributed by atoms with Crippen LogP contribution in [0.4, 0.5) is 0 Å². The molecule has 0 bridgehead atoms. The highest BCUT2D eigenvalue weighted by molar-refractivity contribution is 7.98. The van der Waals surface area contributed by atoms with Gasteiger partial charge in [-0.2, -0.15) is 0 Å². The van der Waals surface area contributed by atoms with E-state index in [-0.39, 0.29) is 5.97 Å². The van der Waals surface area contributed by atoms with Gasteiger partial charge >= 0.3 is 5.97 Å². The second-order valence-electron chi connectivity index (χ2n) is 2.47. The summed E-state index contributed by atoms with van der Waals surface area (Å²) in [5.74, 6) is -0.324. The van der Waals surface area contributed by atoms with Gasteiger partial charge in [0.05, 0.1) is 18.4 Å². The highest BCUT2D eigenvalue weighted by Gasteiger charge is 2.14. The van der Waals surface area contributed by atoms with Gasteiger partial charge in [-0.25, -0.2) is 4.79 Å². The van der Waals surface area contributed by atoms with E-state index in [0.717, 1.165) is 4.90 Å². The Bertz CT molecular complexity index is 326. The lowest BCUT2D eigenvalue weighted by molar-refractivity contribution is 0.0595. The lowest BCUT2D eigenvalue weighted by Crippen LogP contribution is -2.06. The Kier molecular flexibility index (Phi) is 6.79. The van der Waals surface area contributed by atoms with E-state index in [0.29, 0.717) is 11.3 Å². The Morgan fingerprint density at radius 3 is 2.53 bits per heavy atom. The number of pyridine rings is 1. The molecule has 0 spiro atoms. The largest absolute Gasteiger partial charge is 0.465 e. The average Bonchev–Trinajstić information content (AvgIpc) is 2.30. The smallest absolute Gasteiger partial charge is 0.340 e. The molecular weight excluding hydrogens is 210 g/mol. The van der Waals surface area contributed by atoms with E-state index in [1.165, 1.54) is 18.9 Å². The number of hydrogen-bond donors (Lipinski definition) is 0. The number of carbonyl (C=O) groups excluding carboxylic acids is 1. The van der Waals surface area contributed by atoms with Gasteiger partial charge in [0.15, 0.2) is 0 Å². The van der Waals surface area contributed by atoms with E-state index >= 15 is 0 Å². The predicted octanol–water partition coefficient (Wildman–Crippen LogP) is 2.92. The molecule has 0 aliphatic heterocycles. The van der Waals surface area contributed by atoms with E-state index < -0.39 is 0 Å². The van der Waals surface area contributed by atoms with Crippen molar-refractivity contribution in [2.75, 3.05) is 13.4 Å². The maximum absolute atomic E-state index is 11.3. The summed E-state index contributed by atoms with van der Waals surface area (Å²) in [6.45, 7) is 5.80. The number of nitrogens with zero attached hydrogens (tertiary/aromatic N) is 1. The summed E-state index contributed by atoms with van der Waals surface area (Å²) in [5.41, 5.74) is 1.27. The third kappa shape index (κ3) is 3.55. The van der Waals surface area contributed by atoms with Crippen molar-refractivity contribution in [2.24, 2.45) is 0 Å². The molecule has 0 aliphatic rings. The van der Waals surface area contributed by atoms with E-state index in [4.69, 9.17) is 0 Å². The zero-order valence-corrected chi connectivity index (χ0v) is 10.6. The number of aromatic nitrogens is 1. The fourth-order valence-electron chi connectivity index (χ4n) is 1.06. The summed E-state index contributed by atoms with van der Waals surface area (Å²) in [6, 6.07) is 1.81. The number of methoxy groups -OCH3 is 1. The van der Waals surface area contributed by atoms with Crippen LogP contribution in [0.5, 0.6) is 0 Å². The van der Waals surface area contributed by atoms with Crippen LogP contribution in [0.1, 0.15) is 29.9 Å². The van der Waals surface area contributed by atoms with Crippen LogP contribution in [-0.4, -0.2) is 24.3 Å². The van der Waals surface area contributed by atoms with Gasteiger partial charge in [0, 0.05) is 11.1 Å². The van der Waals surface area contributed by atoms with Gasteiger partial charge in [0.2, 0.25) is 0 Å². The lowest BCUT2D eigenvalue weighted by Gasteiger charge is -2.06. The molecule has 3 nitrogen and oxygen atoms in total. The van der Waals surface area contributed by atoms with Crippen LogP contribution < -0.4 is 0 Å². The highest BCUT2D eigenvalue weighted by atomic mass is 32.2. The van der Waals surface area contributed by atoms with Crippen molar-refractivity contribution in [2.45, 2.75) is 25.7 Å². The predicted molar refractivity (Wildman–Crippen MR) is 63.4 cm³/mol. The van der Waals surface area contributed by atoms with Crippen molar-refractivity contribution in [1.29, 1.82) is 0 Å². The van der Waals surface area contributed by atoms with Crippen molar-refractivity contribution >= 4 is 17.7 Å². The molecule has 0 radical (unpaired) electrons. The van der Waals surface area contributed by atoms with E-state index in [1.807, 2.05) is 26.2 Å². The maximum atomic E-state index is 11.3. The number of esters is 1. The zero-order valence-electron chi connectivity index (χ0n) is 9.83. The Balaban J connectivity index is 0.000000921. The fraction of sp³-hybridized carbons (Fsp3) is 0.455. The van der Waals surface area contributed by atoms with Crippen molar-refractivity contribution in [3.8, 4) is 0 Å². The van der Waals surface area contributed by atoms with Gasteiger partial charge in [-0.3, -0.25) is 4.98 Å². The van der Waals surface area contributed by atoms with Crippen LogP contribution >= 0.6 is 11.8 Å². The Morgan fingerprint density at radius 2 is 2.07 bits per heavy atom. The van der Waals surface area contributed by atoms with Gasteiger partial charge in [-0.1, -0.05) is 13.8 Å². The molecule has 0 aromatic carbocycles. The van der Waals surface area contributed by atoms with Crippen molar-refractivity contribution < 1.29 is 9.53 Å². The molecule has 1 heterocycles. The summed E-state index contributed by atoms with van der Waals surface area (Å²) in [5, 5.41) is 0. The van der Waals surface area contributed by atoms with E-state index in [1.54, 1.807) is 13.1 Å². The minimum atomic E-state index is -0.324. The fourth-order valence-corrected chi connectivity index (χ4v) is 1.70. The Hall–Kier alpha value is -1.03. The number of aryl methyl sites for hydroxylation is 1.